The molecule has 7 heteroatoms. The summed E-state index contributed by atoms with van der Waals surface area (Å²) in [4.78, 5) is 15.0. The highest BCUT2D eigenvalue weighted by Crippen LogP contribution is 2.23. The molecule has 2 aromatic heterocycles. The zero-order valence-electron chi connectivity index (χ0n) is 13.5. The molecule has 0 atom stereocenters. The van der Waals surface area contributed by atoms with Crippen LogP contribution in [-0.4, -0.2) is 49.7 Å². The maximum Gasteiger partial charge on any atom is 0.259 e. The van der Waals surface area contributed by atoms with Crippen molar-refractivity contribution in [3.05, 3.63) is 65.6 Å². The molecule has 0 bridgehead atoms. The Balaban J connectivity index is 1.79. The molecule has 0 saturated carbocycles. The topological polar surface area (TPSA) is 43.1 Å². The number of carbonyl (C=O) groups is 1. The second kappa shape index (κ2) is 6.98. The number of carbonyl (C=O) groups excluding carboxylic acids is 1. The molecule has 1 aromatic carbocycles. The number of rotatable bonds is 3. The predicted molar refractivity (Wildman–Crippen MR) is 101 cm³/mol. The third kappa shape index (κ3) is 3.19. The fourth-order valence-corrected chi connectivity index (χ4v) is 3.95. The fraction of sp³-hybridized carbons (Fsp3) is 0.222. The second-order valence-corrected chi connectivity index (χ2v) is 7.43. The predicted octanol–water partition coefficient (Wildman–Crippen LogP) is 3.51. The molecule has 128 valence electrons. The molecule has 1 aliphatic rings. The van der Waals surface area contributed by atoms with Gasteiger partial charge in [-0.3, -0.25) is 4.79 Å². The molecule has 0 N–H and O–H groups in total. The normalized spacial score (nSPS) is 14.7. The summed E-state index contributed by atoms with van der Waals surface area (Å²) in [6.45, 7) is 1.56. The van der Waals surface area contributed by atoms with E-state index in [2.05, 4.69) is 5.10 Å². The molecule has 0 radical (unpaired) electrons. The van der Waals surface area contributed by atoms with Crippen molar-refractivity contribution in [2.45, 2.75) is 0 Å². The van der Waals surface area contributed by atoms with Crippen molar-refractivity contribution < 1.29 is 4.79 Å². The van der Waals surface area contributed by atoms with Crippen molar-refractivity contribution >= 4 is 29.3 Å². The van der Waals surface area contributed by atoms with Gasteiger partial charge in [0.25, 0.3) is 5.91 Å². The number of hydrogen-bond acceptors (Lipinski definition) is 3. The highest BCUT2D eigenvalue weighted by Gasteiger charge is 2.25. The first kappa shape index (κ1) is 16.3. The van der Waals surface area contributed by atoms with E-state index in [0.717, 1.165) is 36.1 Å². The van der Waals surface area contributed by atoms with Crippen LogP contribution in [0.2, 0.25) is 5.02 Å². The van der Waals surface area contributed by atoms with E-state index in [4.69, 9.17) is 11.6 Å². The summed E-state index contributed by atoms with van der Waals surface area (Å²) in [6.07, 6.45) is 5.51. The summed E-state index contributed by atoms with van der Waals surface area (Å²) in [6, 6.07) is 11.3. The molecule has 0 unspecified atom stereocenters. The van der Waals surface area contributed by atoms with E-state index in [1.807, 2.05) is 70.0 Å². The molecular weight excluding hydrogens is 356 g/mol. The van der Waals surface area contributed by atoms with Crippen LogP contribution < -0.4 is 0 Å². The van der Waals surface area contributed by atoms with Crippen molar-refractivity contribution in [3.63, 3.8) is 0 Å². The summed E-state index contributed by atoms with van der Waals surface area (Å²) in [5, 5.41) is 5.16. The highest BCUT2D eigenvalue weighted by atomic mass is 35.5. The van der Waals surface area contributed by atoms with Crippen LogP contribution in [0.3, 0.4) is 0 Å². The molecular formula is C18H17ClN4OS. The summed E-state index contributed by atoms with van der Waals surface area (Å²) < 4.78 is 3.70. The molecule has 1 fully saturated rings. The Hall–Kier alpha value is -2.18. The minimum atomic E-state index is 0.0317. The Morgan fingerprint density at radius 1 is 1.08 bits per heavy atom. The molecule has 4 rings (SSSR count). The third-order valence-corrected chi connectivity index (χ3v) is 5.39. The van der Waals surface area contributed by atoms with E-state index in [0.29, 0.717) is 10.6 Å². The van der Waals surface area contributed by atoms with Crippen LogP contribution in [0.4, 0.5) is 0 Å². The lowest BCUT2D eigenvalue weighted by Crippen LogP contribution is -2.38. The minimum absolute atomic E-state index is 0.0317. The second-order valence-electron chi connectivity index (χ2n) is 5.76. The minimum Gasteiger partial charge on any atom is -0.337 e. The lowest BCUT2D eigenvalue weighted by Gasteiger charge is -2.26. The summed E-state index contributed by atoms with van der Waals surface area (Å²) >= 11 is 7.88. The highest BCUT2D eigenvalue weighted by molar-refractivity contribution is 7.99. The van der Waals surface area contributed by atoms with Gasteiger partial charge < -0.3 is 9.47 Å². The Bertz CT molecular complexity index is 867. The van der Waals surface area contributed by atoms with Crippen LogP contribution in [0.15, 0.2) is 55.0 Å². The van der Waals surface area contributed by atoms with Gasteiger partial charge in [0.15, 0.2) is 5.82 Å². The van der Waals surface area contributed by atoms with Gasteiger partial charge in [0.05, 0.1) is 11.9 Å². The first-order valence-corrected chi connectivity index (χ1v) is 9.61. The Morgan fingerprint density at radius 2 is 1.76 bits per heavy atom. The van der Waals surface area contributed by atoms with Crippen molar-refractivity contribution in [2.24, 2.45) is 0 Å². The molecule has 3 aromatic rings. The van der Waals surface area contributed by atoms with Crippen LogP contribution >= 0.6 is 23.4 Å². The number of thioether (sulfide) groups is 1. The maximum atomic E-state index is 13.0. The summed E-state index contributed by atoms with van der Waals surface area (Å²) in [7, 11) is 0. The van der Waals surface area contributed by atoms with Crippen LogP contribution in [0.1, 0.15) is 10.4 Å². The molecule has 1 saturated heterocycles. The standard InChI is InChI=1S/C18H17ClN4OS/c19-14-3-5-15(6-4-14)23-17(21-7-1-2-8-21)16(13-20-23)18(24)22-9-11-25-12-10-22/h1-8,13H,9-12H2. The van der Waals surface area contributed by atoms with Gasteiger partial charge in [-0.25, -0.2) is 4.68 Å². The van der Waals surface area contributed by atoms with Gasteiger partial charge in [-0.2, -0.15) is 16.9 Å². The van der Waals surface area contributed by atoms with Gasteiger partial charge in [-0.15, -0.1) is 0 Å². The van der Waals surface area contributed by atoms with Crippen LogP contribution in [-0.2, 0) is 0 Å². The van der Waals surface area contributed by atoms with E-state index in [9.17, 15) is 4.79 Å². The van der Waals surface area contributed by atoms with Gasteiger partial charge in [0.1, 0.15) is 5.56 Å². The van der Waals surface area contributed by atoms with E-state index >= 15 is 0 Å². The van der Waals surface area contributed by atoms with Crippen LogP contribution in [0.25, 0.3) is 11.5 Å². The van der Waals surface area contributed by atoms with E-state index < -0.39 is 0 Å². The summed E-state index contributed by atoms with van der Waals surface area (Å²) in [5.74, 6) is 2.74. The van der Waals surface area contributed by atoms with Crippen molar-refractivity contribution in [1.82, 2.24) is 19.2 Å². The monoisotopic (exact) mass is 372 g/mol. The van der Waals surface area contributed by atoms with Gasteiger partial charge in [0, 0.05) is 42.0 Å². The molecule has 1 amide bonds. The first-order chi connectivity index (χ1) is 12.2. The van der Waals surface area contributed by atoms with Gasteiger partial charge in [-0.05, 0) is 36.4 Å². The van der Waals surface area contributed by atoms with Crippen LogP contribution in [0, 0.1) is 0 Å². The number of benzene rings is 1. The van der Waals surface area contributed by atoms with Crippen molar-refractivity contribution in [3.8, 4) is 11.5 Å². The molecule has 0 aliphatic carbocycles. The van der Waals surface area contributed by atoms with Gasteiger partial charge in [0.2, 0.25) is 0 Å². The number of hydrogen-bond donors (Lipinski definition) is 0. The van der Waals surface area contributed by atoms with Crippen molar-refractivity contribution in [2.75, 3.05) is 24.6 Å². The number of amides is 1. The largest absolute Gasteiger partial charge is 0.337 e. The lowest BCUT2D eigenvalue weighted by molar-refractivity contribution is 0.0772. The third-order valence-electron chi connectivity index (χ3n) is 4.19. The van der Waals surface area contributed by atoms with Crippen molar-refractivity contribution in [1.29, 1.82) is 0 Å². The lowest BCUT2D eigenvalue weighted by atomic mass is 10.2. The molecule has 5 nitrogen and oxygen atoms in total. The maximum absolute atomic E-state index is 13.0. The average Bonchev–Trinajstić information content (AvgIpc) is 3.32. The van der Waals surface area contributed by atoms with Gasteiger partial charge in [-0.1, -0.05) is 11.6 Å². The number of nitrogens with zero attached hydrogens (tertiary/aromatic N) is 4. The smallest absolute Gasteiger partial charge is 0.259 e. The molecule has 1 aliphatic heterocycles. The Kier molecular flexibility index (Phi) is 4.55. The van der Waals surface area contributed by atoms with Crippen LogP contribution in [0.5, 0.6) is 0 Å². The summed E-state index contributed by atoms with van der Waals surface area (Å²) in [5.41, 5.74) is 1.47. The first-order valence-electron chi connectivity index (χ1n) is 8.08. The quantitative estimate of drug-likeness (QED) is 0.706. The molecule has 25 heavy (non-hydrogen) atoms. The molecule has 3 heterocycles. The Labute approximate surface area is 155 Å². The molecule has 0 spiro atoms. The van der Waals surface area contributed by atoms with E-state index in [-0.39, 0.29) is 5.91 Å². The SMILES string of the molecule is O=C(c1cnn(-c2ccc(Cl)cc2)c1-n1cccc1)N1CCSCC1. The number of aromatic nitrogens is 3. The fourth-order valence-electron chi connectivity index (χ4n) is 2.93. The van der Waals surface area contributed by atoms with E-state index in [1.165, 1.54) is 0 Å². The average molecular weight is 373 g/mol. The van der Waals surface area contributed by atoms with Gasteiger partial charge >= 0.3 is 0 Å². The number of halogens is 1. The Morgan fingerprint density at radius 3 is 2.44 bits per heavy atom. The zero-order valence-corrected chi connectivity index (χ0v) is 15.1. The van der Waals surface area contributed by atoms with E-state index in [1.54, 1.807) is 10.9 Å². The zero-order chi connectivity index (χ0) is 17.2.